The van der Waals surface area contributed by atoms with Crippen molar-refractivity contribution in [2.45, 2.75) is 70.5 Å². The molecule has 3 heterocycles. The van der Waals surface area contributed by atoms with Crippen LogP contribution in [0.25, 0.3) is 0 Å². The number of hydrogen-bond donors (Lipinski definition) is 2. The minimum Gasteiger partial charge on any atom is -0.396 e. The minimum atomic E-state index is 0.00926. The monoisotopic (exact) mass is 353 g/mol. The highest BCUT2D eigenvalue weighted by Gasteiger charge is 2.55. The van der Waals surface area contributed by atoms with Gasteiger partial charge in [0.05, 0.1) is 6.61 Å². The first-order valence-corrected chi connectivity index (χ1v) is 10.2. The molecule has 2 aliphatic rings. The lowest BCUT2D eigenvalue weighted by molar-refractivity contribution is 0.0748. The molecule has 0 saturated carbocycles. The molecule has 4 heteroatoms. The number of nitrogens with zero attached hydrogens (tertiary/aromatic N) is 2. The van der Waals surface area contributed by atoms with Crippen LogP contribution in [0.15, 0.2) is 36.5 Å². The lowest BCUT2D eigenvalue weighted by Gasteiger charge is -2.36. The van der Waals surface area contributed by atoms with E-state index in [9.17, 15) is 5.11 Å². The molecule has 1 aromatic heterocycles. The number of aliphatic hydroxyl groups excluding tert-OH is 1. The molecule has 2 N–H and O–H groups in total. The second-order valence-corrected chi connectivity index (χ2v) is 8.26. The summed E-state index contributed by atoms with van der Waals surface area (Å²) in [6.45, 7) is 3.43. The lowest BCUT2D eigenvalue weighted by Crippen LogP contribution is -2.41. The van der Waals surface area contributed by atoms with Crippen molar-refractivity contribution in [2.24, 2.45) is 5.41 Å². The van der Waals surface area contributed by atoms with Gasteiger partial charge in [-0.2, -0.15) is 0 Å². The standard InChI is InChI=1S/C22H31N3O/c1-2-3-9-21-23-14-18(24-21)15-25-19-10-11-20(25)22(13-19,16-26)12-17-7-5-4-6-8-17/h4-8,14,19-20,26H,2-3,9-13,15-16H2,1H3,(H,23,24)/t19-,20+,22-/m0/s1. The summed E-state index contributed by atoms with van der Waals surface area (Å²) in [6.07, 6.45) is 10.00. The molecule has 26 heavy (non-hydrogen) atoms. The molecule has 0 amide bonds. The van der Waals surface area contributed by atoms with Gasteiger partial charge in [-0.15, -0.1) is 0 Å². The molecule has 0 aliphatic carbocycles. The molecular formula is C22H31N3O. The number of fused-ring (bicyclic) bond motifs is 2. The van der Waals surface area contributed by atoms with Crippen LogP contribution in [0.5, 0.6) is 0 Å². The number of H-pyrrole nitrogens is 1. The Kier molecular flexibility index (Phi) is 5.14. The number of hydrogen-bond acceptors (Lipinski definition) is 3. The number of aromatic amines is 1. The van der Waals surface area contributed by atoms with Crippen LogP contribution < -0.4 is 0 Å². The van der Waals surface area contributed by atoms with Crippen molar-refractivity contribution in [1.29, 1.82) is 0 Å². The number of imidazole rings is 1. The zero-order valence-electron chi connectivity index (χ0n) is 15.8. The first kappa shape index (κ1) is 17.7. The summed E-state index contributed by atoms with van der Waals surface area (Å²) in [5.74, 6) is 1.12. The smallest absolute Gasteiger partial charge is 0.106 e. The molecule has 4 rings (SSSR count). The highest BCUT2D eigenvalue weighted by atomic mass is 16.3. The zero-order valence-corrected chi connectivity index (χ0v) is 15.8. The van der Waals surface area contributed by atoms with Crippen molar-refractivity contribution in [3.8, 4) is 0 Å². The van der Waals surface area contributed by atoms with Gasteiger partial charge in [-0.3, -0.25) is 4.90 Å². The lowest BCUT2D eigenvalue weighted by atomic mass is 9.70. The van der Waals surface area contributed by atoms with E-state index >= 15 is 0 Å². The van der Waals surface area contributed by atoms with Crippen molar-refractivity contribution >= 4 is 0 Å². The second-order valence-electron chi connectivity index (χ2n) is 8.26. The number of unbranched alkanes of at least 4 members (excludes halogenated alkanes) is 1. The van der Waals surface area contributed by atoms with Crippen LogP contribution in [0.3, 0.4) is 0 Å². The maximum atomic E-state index is 10.3. The number of benzene rings is 1. The van der Waals surface area contributed by atoms with Gasteiger partial charge in [0.2, 0.25) is 0 Å². The van der Waals surface area contributed by atoms with Gasteiger partial charge in [0.15, 0.2) is 0 Å². The Morgan fingerprint density at radius 2 is 2.12 bits per heavy atom. The van der Waals surface area contributed by atoms with Gasteiger partial charge in [0.25, 0.3) is 0 Å². The predicted octanol–water partition coefficient (Wildman–Crippen LogP) is 3.71. The molecule has 2 saturated heterocycles. The quantitative estimate of drug-likeness (QED) is 0.761. The molecule has 0 unspecified atom stereocenters. The molecule has 0 spiro atoms. The maximum absolute atomic E-state index is 10.3. The SMILES string of the molecule is CCCCc1ncc(CN2[C@H]3CC[C@@H]2[C@@](CO)(Cc2ccccc2)C3)[nH]1. The van der Waals surface area contributed by atoms with Crippen LogP contribution in [0.4, 0.5) is 0 Å². The Morgan fingerprint density at radius 1 is 1.27 bits per heavy atom. The van der Waals surface area contributed by atoms with E-state index in [2.05, 4.69) is 52.1 Å². The number of aryl methyl sites for hydroxylation is 1. The number of nitrogens with one attached hydrogen (secondary N) is 1. The van der Waals surface area contributed by atoms with E-state index in [1.165, 1.54) is 36.9 Å². The van der Waals surface area contributed by atoms with Gasteiger partial charge in [-0.05, 0) is 37.7 Å². The first-order chi connectivity index (χ1) is 12.7. The number of aliphatic hydroxyl groups is 1. The maximum Gasteiger partial charge on any atom is 0.106 e. The Bertz CT molecular complexity index is 713. The van der Waals surface area contributed by atoms with Gasteiger partial charge in [0.1, 0.15) is 5.82 Å². The average Bonchev–Trinajstić information content (AvgIpc) is 3.35. The minimum absolute atomic E-state index is 0.00926. The molecule has 140 valence electrons. The van der Waals surface area contributed by atoms with Gasteiger partial charge in [-0.1, -0.05) is 43.7 Å². The molecule has 4 nitrogen and oxygen atoms in total. The molecular weight excluding hydrogens is 322 g/mol. The summed E-state index contributed by atoms with van der Waals surface area (Å²) in [6, 6.07) is 11.7. The third-order valence-electron chi connectivity index (χ3n) is 6.51. The van der Waals surface area contributed by atoms with Crippen molar-refractivity contribution in [3.63, 3.8) is 0 Å². The Hall–Kier alpha value is -1.65. The van der Waals surface area contributed by atoms with Gasteiger partial charge in [-0.25, -0.2) is 4.98 Å². The molecule has 0 radical (unpaired) electrons. The van der Waals surface area contributed by atoms with Crippen LogP contribution in [0.1, 0.15) is 56.1 Å². The summed E-state index contributed by atoms with van der Waals surface area (Å²) < 4.78 is 0. The summed E-state index contributed by atoms with van der Waals surface area (Å²) in [5, 5.41) is 10.3. The van der Waals surface area contributed by atoms with Crippen LogP contribution >= 0.6 is 0 Å². The molecule has 2 bridgehead atoms. The van der Waals surface area contributed by atoms with Crippen LogP contribution in [-0.2, 0) is 19.4 Å². The van der Waals surface area contributed by atoms with E-state index in [1.54, 1.807) is 0 Å². The number of rotatable bonds is 8. The van der Waals surface area contributed by atoms with E-state index < -0.39 is 0 Å². The van der Waals surface area contributed by atoms with Crippen molar-refractivity contribution < 1.29 is 5.11 Å². The highest BCUT2D eigenvalue weighted by Crippen LogP contribution is 2.51. The summed E-state index contributed by atoms with van der Waals surface area (Å²) in [5.41, 5.74) is 2.58. The van der Waals surface area contributed by atoms with Crippen molar-refractivity contribution in [1.82, 2.24) is 14.9 Å². The fourth-order valence-electron chi connectivity index (χ4n) is 5.23. The van der Waals surface area contributed by atoms with E-state index in [0.29, 0.717) is 12.1 Å². The Balaban J connectivity index is 1.47. The fourth-order valence-corrected chi connectivity index (χ4v) is 5.23. The van der Waals surface area contributed by atoms with Crippen molar-refractivity contribution in [2.75, 3.05) is 6.61 Å². The van der Waals surface area contributed by atoms with Gasteiger partial charge < -0.3 is 10.1 Å². The van der Waals surface area contributed by atoms with E-state index in [4.69, 9.17) is 0 Å². The molecule has 2 fully saturated rings. The second kappa shape index (κ2) is 7.53. The Morgan fingerprint density at radius 3 is 2.88 bits per heavy atom. The summed E-state index contributed by atoms with van der Waals surface area (Å²) in [7, 11) is 0. The summed E-state index contributed by atoms with van der Waals surface area (Å²) >= 11 is 0. The average molecular weight is 354 g/mol. The molecule has 2 aromatic rings. The normalized spacial score (nSPS) is 28.1. The van der Waals surface area contributed by atoms with Gasteiger partial charge >= 0.3 is 0 Å². The van der Waals surface area contributed by atoms with Crippen molar-refractivity contribution in [3.05, 3.63) is 53.6 Å². The predicted molar refractivity (Wildman–Crippen MR) is 104 cm³/mol. The van der Waals surface area contributed by atoms with Crippen LogP contribution in [-0.4, -0.2) is 38.7 Å². The van der Waals surface area contributed by atoms with E-state index in [1.807, 2.05) is 6.20 Å². The molecule has 3 atom stereocenters. The Labute approximate surface area is 156 Å². The number of aromatic nitrogens is 2. The van der Waals surface area contributed by atoms with Gasteiger partial charge in [0, 0.05) is 42.4 Å². The fraction of sp³-hybridized carbons (Fsp3) is 0.591. The first-order valence-electron chi connectivity index (χ1n) is 10.2. The third kappa shape index (κ3) is 3.33. The van der Waals surface area contributed by atoms with E-state index in [-0.39, 0.29) is 12.0 Å². The van der Waals surface area contributed by atoms with E-state index in [0.717, 1.165) is 31.6 Å². The molecule has 2 aliphatic heterocycles. The van der Waals surface area contributed by atoms with Crippen LogP contribution in [0.2, 0.25) is 0 Å². The zero-order chi connectivity index (χ0) is 18.0. The molecule has 1 aromatic carbocycles. The topological polar surface area (TPSA) is 52.1 Å². The third-order valence-corrected chi connectivity index (χ3v) is 6.51. The largest absolute Gasteiger partial charge is 0.396 e. The highest BCUT2D eigenvalue weighted by molar-refractivity contribution is 5.21. The summed E-state index contributed by atoms with van der Waals surface area (Å²) in [4.78, 5) is 10.7. The van der Waals surface area contributed by atoms with Crippen LogP contribution in [0, 0.1) is 5.41 Å².